The molecule has 0 aromatic heterocycles. The van der Waals surface area contributed by atoms with Crippen LogP contribution in [0.5, 0.6) is 0 Å². The van der Waals surface area contributed by atoms with Gasteiger partial charge in [0.15, 0.2) is 0 Å². The predicted octanol–water partition coefficient (Wildman–Crippen LogP) is 4.32. The third kappa shape index (κ3) is 3.18. The Kier molecular flexibility index (Phi) is 4.00. The number of rotatable bonds is 3. The molecule has 0 radical (unpaired) electrons. The van der Waals surface area contributed by atoms with Crippen molar-refractivity contribution in [3.05, 3.63) is 66.7 Å². The van der Waals surface area contributed by atoms with Gasteiger partial charge in [0, 0.05) is 0 Å². The standard InChI is InChI=1S/C19H12N4/c20-12-19(13-21)23-22-18-9-7-15(8-10-18)17-6-5-14-3-1-2-4-16(14)11-17/h1-11,22H. The molecule has 0 aliphatic heterocycles. The zero-order valence-electron chi connectivity index (χ0n) is 12.2. The van der Waals surface area contributed by atoms with Crippen molar-refractivity contribution in [2.24, 2.45) is 5.10 Å². The van der Waals surface area contributed by atoms with Crippen molar-refractivity contribution < 1.29 is 0 Å². The summed E-state index contributed by atoms with van der Waals surface area (Å²) in [5.74, 6) is 0. The molecule has 1 N–H and O–H groups in total. The van der Waals surface area contributed by atoms with Gasteiger partial charge < -0.3 is 0 Å². The maximum Gasteiger partial charge on any atom is 0.237 e. The minimum Gasteiger partial charge on any atom is -0.277 e. The molecule has 0 saturated carbocycles. The Morgan fingerprint density at radius 2 is 1.43 bits per heavy atom. The minimum atomic E-state index is -0.205. The smallest absolute Gasteiger partial charge is 0.237 e. The molecule has 0 atom stereocenters. The van der Waals surface area contributed by atoms with E-state index in [4.69, 9.17) is 10.5 Å². The Morgan fingerprint density at radius 1 is 0.783 bits per heavy atom. The second-order valence-electron chi connectivity index (χ2n) is 4.94. The quantitative estimate of drug-likeness (QED) is 0.578. The van der Waals surface area contributed by atoms with Gasteiger partial charge in [-0.05, 0) is 40.1 Å². The number of nitriles is 2. The lowest BCUT2D eigenvalue weighted by Gasteiger charge is -2.06. The molecule has 23 heavy (non-hydrogen) atoms. The van der Waals surface area contributed by atoms with Gasteiger partial charge in [-0.15, -0.1) is 0 Å². The summed E-state index contributed by atoms with van der Waals surface area (Å²) in [5.41, 5.74) is 5.43. The molecule has 108 valence electrons. The third-order valence-corrected chi connectivity index (χ3v) is 3.48. The molecule has 0 bridgehead atoms. The van der Waals surface area contributed by atoms with Gasteiger partial charge in [0.25, 0.3) is 0 Å². The molecule has 0 saturated heterocycles. The SMILES string of the molecule is N#CC(C#N)=NNc1ccc(-c2ccc3ccccc3c2)cc1. The fraction of sp³-hybridized carbons (Fsp3) is 0. The summed E-state index contributed by atoms with van der Waals surface area (Å²) < 4.78 is 0. The van der Waals surface area contributed by atoms with Gasteiger partial charge in [-0.1, -0.05) is 48.5 Å². The molecule has 3 rings (SSSR count). The molecule has 3 aromatic carbocycles. The molecule has 0 spiro atoms. The lowest BCUT2D eigenvalue weighted by atomic mass is 10.0. The van der Waals surface area contributed by atoms with Crippen molar-refractivity contribution >= 4 is 22.2 Å². The lowest BCUT2D eigenvalue weighted by molar-refractivity contribution is 1.34. The van der Waals surface area contributed by atoms with Gasteiger partial charge >= 0.3 is 0 Å². The van der Waals surface area contributed by atoms with Crippen molar-refractivity contribution in [3.8, 4) is 23.3 Å². The van der Waals surface area contributed by atoms with Crippen LogP contribution in [0.25, 0.3) is 21.9 Å². The van der Waals surface area contributed by atoms with E-state index in [1.807, 2.05) is 36.4 Å². The summed E-state index contributed by atoms with van der Waals surface area (Å²) in [6.07, 6.45) is 0. The van der Waals surface area contributed by atoms with Crippen LogP contribution in [-0.2, 0) is 0 Å². The summed E-state index contributed by atoms with van der Waals surface area (Å²) in [6, 6.07) is 25.7. The largest absolute Gasteiger partial charge is 0.277 e. The average Bonchev–Trinajstić information content (AvgIpc) is 2.63. The molecule has 0 heterocycles. The fourth-order valence-electron chi connectivity index (χ4n) is 2.30. The van der Waals surface area contributed by atoms with E-state index >= 15 is 0 Å². The molecule has 0 aliphatic rings. The minimum absolute atomic E-state index is 0.205. The number of benzene rings is 3. The molecule has 0 unspecified atom stereocenters. The summed E-state index contributed by atoms with van der Waals surface area (Å²) in [6.45, 7) is 0. The van der Waals surface area contributed by atoms with Gasteiger partial charge in [0.2, 0.25) is 5.71 Å². The molecule has 3 aromatic rings. The molecule has 4 heteroatoms. The highest BCUT2D eigenvalue weighted by atomic mass is 15.3. The molecule has 0 amide bonds. The number of hydrogen-bond donors (Lipinski definition) is 1. The van der Waals surface area contributed by atoms with Gasteiger partial charge in [0.1, 0.15) is 12.1 Å². The van der Waals surface area contributed by atoms with E-state index in [-0.39, 0.29) is 5.71 Å². The Balaban J connectivity index is 1.85. The summed E-state index contributed by atoms with van der Waals surface area (Å²) in [4.78, 5) is 0. The number of nitrogens with zero attached hydrogens (tertiary/aromatic N) is 3. The molecule has 4 nitrogen and oxygen atoms in total. The maximum absolute atomic E-state index is 8.64. The first-order chi connectivity index (χ1) is 11.3. The second kappa shape index (κ2) is 6.43. The number of fused-ring (bicyclic) bond motifs is 1. The van der Waals surface area contributed by atoms with E-state index in [1.54, 1.807) is 12.1 Å². The highest BCUT2D eigenvalue weighted by Gasteiger charge is 2.00. The average molecular weight is 296 g/mol. The van der Waals surface area contributed by atoms with Crippen molar-refractivity contribution in [3.63, 3.8) is 0 Å². The van der Waals surface area contributed by atoms with Crippen LogP contribution in [0, 0.1) is 22.7 Å². The summed E-state index contributed by atoms with van der Waals surface area (Å²) in [5, 5.41) is 23.4. The topological polar surface area (TPSA) is 72.0 Å². The van der Waals surface area contributed by atoms with Gasteiger partial charge in [-0.2, -0.15) is 15.6 Å². The zero-order chi connectivity index (χ0) is 16.1. The highest BCUT2D eigenvalue weighted by Crippen LogP contribution is 2.25. The Bertz CT molecular complexity index is 941. The third-order valence-electron chi connectivity index (χ3n) is 3.48. The van der Waals surface area contributed by atoms with Crippen LogP contribution in [0.3, 0.4) is 0 Å². The van der Waals surface area contributed by atoms with Crippen LogP contribution in [-0.4, -0.2) is 5.71 Å². The first-order valence-electron chi connectivity index (χ1n) is 7.03. The Hall–Kier alpha value is -3.63. The van der Waals surface area contributed by atoms with Crippen LogP contribution in [0.1, 0.15) is 0 Å². The van der Waals surface area contributed by atoms with Crippen LogP contribution in [0.4, 0.5) is 5.69 Å². The van der Waals surface area contributed by atoms with Crippen LogP contribution >= 0.6 is 0 Å². The van der Waals surface area contributed by atoms with Gasteiger partial charge in [-0.25, -0.2) is 0 Å². The van der Waals surface area contributed by atoms with Crippen molar-refractivity contribution in [2.45, 2.75) is 0 Å². The number of anilines is 1. The summed E-state index contributed by atoms with van der Waals surface area (Å²) >= 11 is 0. The van der Waals surface area contributed by atoms with Crippen LogP contribution in [0.15, 0.2) is 71.8 Å². The predicted molar refractivity (Wildman–Crippen MR) is 91.7 cm³/mol. The van der Waals surface area contributed by atoms with E-state index in [0.29, 0.717) is 0 Å². The normalized spacial score (nSPS) is 9.65. The molecular weight excluding hydrogens is 284 g/mol. The number of hydrazone groups is 1. The van der Waals surface area contributed by atoms with E-state index in [2.05, 4.69) is 40.9 Å². The molecule has 0 fully saturated rings. The van der Waals surface area contributed by atoms with E-state index in [9.17, 15) is 0 Å². The van der Waals surface area contributed by atoms with Crippen LogP contribution in [0.2, 0.25) is 0 Å². The Morgan fingerprint density at radius 3 is 2.13 bits per heavy atom. The first-order valence-corrected chi connectivity index (χ1v) is 7.03. The van der Waals surface area contributed by atoms with Gasteiger partial charge in [0.05, 0.1) is 5.69 Å². The van der Waals surface area contributed by atoms with E-state index < -0.39 is 0 Å². The van der Waals surface area contributed by atoms with E-state index in [0.717, 1.165) is 16.8 Å². The highest BCUT2D eigenvalue weighted by molar-refractivity contribution is 6.10. The van der Waals surface area contributed by atoms with E-state index in [1.165, 1.54) is 10.8 Å². The zero-order valence-corrected chi connectivity index (χ0v) is 12.2. The maximum atomic E-state index is 8.64. The lowest BCUT2D eigenvalue weighted by Crippen LogP contribution is -1.96. The Labute approximate surface area is 133 Å². The first kappa shape index (κ1) is 14.3. The summed E-state index contributed by atoms with van der Waals surface area (Å²) in [7, 11) is 0. The van der Waals surface area contributed by atoms with Gasteiger partial charge in [-0.3, -0.25) is 5.43 Å². The van der Waals surface area contributed by atoms with Crippen LogP contribution < -0.4 is 5.43 Å². The van der Waals surface area contributed by atoms with Crippen molar-refractivity contribution in [1.82, 2.24) is 0 Å². The monoisotopic (exact) mass is 296 g/mol. The number of nitrogens with one attached hydrogen (secondary N) is 1. The molecular formula is C19H12N4. The molecule has 0 aliphatic carbocycles. The second-order valence-corrected chi connectivity index (χ2v) is 4.94. The van der Waals surface area contributed by atoms with Crippen molar-refractivity contribution in [2.75, 3.05) is 5.43 Å². The number of hydrogen-bond acceptors (Lipinski definition) is 4. The van der Waals surface area contributed by atoms with Crippen molar-refractivity contribution in [1.29, 1.82) is 10.5 Å². The fourth-order valence-corrected chi connectivity index (χ4v) is 2.30.